The van der Waals surface area contributed by atoms with Crippen LogP contribution < -0.4 is 0 Å². The van der Waals surface area contributed by atoms with Gasteiger partial charge in [-0.25, -0.2) is 9.78 Å². The van der Waals surface area contributed by atoms with E-state index in [2.05, 4.69) is 17.1 Å². The highest BCUT2D eigenvalue weighted by Gasteiger charge is 2.19. The Morgan fingerprint density at radius 1 is 1.06 bits per heavy atom. The predicted octanol–water partition coefficient (Wildman–Crippen LogP) is 5.65. The molecule has 2 aromatic heterocycles. The van der Waals surface area contributed by atoms with Crippen LogP contribution in [0.1, 0.15) is 23.1 Å². The lowest BCUT2D eigenvalue weighted by Crippen LogP contribution is -2.20. The van der Waals surface area contributed by atoms with Gasteiger partial charge in [-0.3, -0.25) is 0 Å². The monoisotopic (exact) mass is 432 g/mol. The molecule has 5 nitrogen and oxygen atoms in total. The molecule has 1 N–H and O–H groups in total. The van der Waals surface area contributed by atoms with Crippen molar-refractivity contribution >= 4 is 17.7 Å². The van der Waals surface area contributed by atoms with Crippen LogP contribution in [-0.2, 0) is 17.6 Å². The zero-order valence-corrected chi connectivity index (χ0v) is 18.1. The van der Waals surface area contributed by atoms with E-state index in [0.717, 1.165) is 39.7 Å². The number of aryl methyl sites for hydroxylation is 2. The smallest absolute Gasteiger partial charge is 0.327 e. The molecule has 6 heteroatoms. The lowest BCUT2D eigenvalue weighted by atomic mass is 10.1. The topological polar surface area (TPSA) is 68.3 Å². The van der Waals surface area contributed by atoms with Crippen molar-refractivity contribution in [2.45, 2.75) is 30.7 Å². The second-order valence-corrected chi connectivity index (χ2v) is 8.49. The molecule has 0 spiro atoms. The van der Waals surface area contributed by atoms with Gasteiger partial charge in [0.1, 0.15) is 11.8 Å². The first-order valence-electron chi connectivity index (χ1n) is 10.2. The number of nitrogens with zero attached hydrogens (tertiary/aromatic N) is 2. The number of carboxylic acids is 1. The Labute approximate surface area is 185 Å². The maximum atomic E-state index is 11.6. The predicted molar refractivity (Wildman–Crippen MR) is 122 cm³/mol. The van der Waals surface area contributed by atoms with Crippen LogP contribution in [0.2, 0.25) is 0 Å². The van der Waals surface area contributed by atoms with E-state index in [1.807, 2.05) is 61.5 Å². The van der Waals surface area contributed by atoms with Gasteiger partial charge in [-0.15, -0.1) is 11.8 Å². The number of rotatable bonds is 9. The van der Waals surface area contributed by atoms with E-state index in [9.17, 15) is 9.90 Å². The zero-order chi connectivity index (χ0) is 21.6. The summed E-state index contributed by atoms with van der Waals surface area (Å²) in [6.45, 7) is 1.96. The van der Waals surface area contributed by atoms with E-state index in [-0.39, 0.29) is 0 Å². The summed E-state index contributed by atoms with van der Waals surface area (Å²) in [4.78, 5) is 17.4. The molecule has 4 rings (SSSR count). The quantitative estimate of drug-likeness (QED) is 0.346. The third kappa shape index (κ3) is 5.27. The van der Waals surface area contributed by atoms with Crippen LogP contribution in [0.3, 0.4) is 0 Å². The van der Waals surface area contributed by atoms with Crippen molar-refractivity contribution in [2.24, 2.45) is 0 Å². The summed E-state index contributed by atoms with van der Waals surface area (Å²) >= 11 is 1.76. The van der Waals surface area contributed by atoms with Gasteiger partial charge in [0.25, 0.3) is 0 Å². The minimum Gasteiger partial charge on any atom is -0.480 e. The summed E-state index contributed by atoms with van der Waals surface area (Å²) in [5.41, 5.74) is 2.98. The number of oxazole rings is 1. The van der Waals surface area contributed by atoms with E-state index < -0.39 is 12.0 Å². The molecule has 0 aliphatic heterocycles. The number of carboxylic acid groups (broad SMARTS) is 1. The SMILES string of the molecule is Cc1oc(-c2ccccc2)nc1CCSc1ccc(CC(C(=O)O)n2cccc2)cc1. The molecule has 0 saturated heterocycles. The Morgan fingerprint density at radius 2 is 1.77 bits per heavy atom. The summed E-state index contributed by atoms with van der Waals surface area (Å²) in [6, 6.07) is 21.1. The molecule has 0 radical (unpaired) electrons. The first-order valence-corrected chi connectivity index (χ1v) is 11.2. The molecule has 0 aliphatic carbocycles. The Balaban J connectivity index is 1.33. The Hall–Kier alpha value is -3.25. The summed E-state index contributed by atoms with van der Waals surface area (Å²) < 4.78 is 7.57. The highest BCUT2D eigenvalue weighted by molar-refractivity contribution is 7.99. The maximum Gasteiger partial charge on any atom is 0.327 e. The van der Waals surface area contributed by atoms with Gasteiger partial charge in [-0.1, -0.05) is 30.3 Å². The third-order valence-electron chi connectivity index (χ3n) is 5.15. The first-order chi connectivity index (χ1) is 15.1. The van der Waals surface area contributed by atoms with Crippen LogP contribution in [0, 0.1) is 6.92 Å². The van der Waals surface area contributed by atoms with Crippen molar-refractivity contribution in [2.75, 3.05) is 5.75 Å². The number of thioether (sulfide) groups is 1. The summed E-state index contributed by atoms with van der Waals surface area (Å²) in [6.07, 6.45) is 4.86. The molecule has 0 saturated carbocycles. The normalized spacial score (nSPS) is 12.0. The number of benzene rings is 2. The van der Waals surface area contributed by atoms with Crippen LogP contribution in [0.25, 0.3) is 11.5 Å². The molecule has 0 fully saturated rings. The largest absolute Gasteiger partial charge is 0.480 e. The Kier molecular flexibility index (Phi) is 6.57. The zero-order valence-electron chi connectivity index (χ0n) is 17.3. The van der Waals surface area contributed by atoms with Crippen molar-refractivity contribution in [3.05, 3.63) is 96.1 Å². The molecule has 0 aliphatic rings. The van der Waals surface area contributed by atoms with Gasteiger partial charge in [0, 0.05) is 41.4 Å². The van der Waals surface area contributed by atoms with Crippen LogP contribution in [0.4, 0.5) is 0 Å². The molecule has 4 aromatic rings. The second-order valence-electron chi connectivity index (χ2n) is 7.32. The molecular formula is C25H24N2O3S. The summed E-state index contributed by atoms with van der Waals surface area (Å²) in [7, 11) is 0. The lowest BCUT2D eigenvalue weighted by molar-refractivity contribution is -0.140. The molecule has 1 atom stereocenters. The molecule has 158 valence electrons. The fourth-order valence-electron chi connectivity index (χ4n) is 3.45. The van der Waals surface area contributed by atoms with Crippen molar-refractivity contribution in [1.29, 1.82) is 0 Å². The number of carbonyl (C=O) groups is 1. The fraction of sp³-hybridized carbons (Fsp3) is 0.200. The number of aromatic nitrogens is 2. The molecule has 0 bridgehead atoms. The average Bonchev–Trinajstić information content (AvgIpc) is 3.44. The van der Waals surface area contributed by atoms with Gasteiger partial charge in [-0.2, -0.15) is 0 Å². The summed E-state index contributed by atoms with van der Waals surface area (Å²) in [5.74, 6) is 1.59. The highest BCUT2D eigenvalue weighted by atomic mass is 32.2. The van der Waals surface area contributed by atoms with E-state index in [0.29, 0.717) is 12.3 Å². The van der Waals surface area contributed by atoms with Gasteiger partial charge in [0.2, 0.25) is 5.89 Å². The van der Waals surface area contributed by atoms with Crippen molar-refractivity contribution < 1.29 is 14.3 Å². The van der Waals surface area contributed by atoms with E-state index in [1.54, 1.807) is 28.7 Å². The first kappa shape index (κ1) is 21.0. The fourth-order valence-corrected chi connectivity index (χ4v) is 4.31. The van der Waals surface area contributed by atoms with Gasteiger partial charge in [0.05, 0.1) is 5.69 Å². The van der Waals surface area contributed by atoms with Crippen LogP contribution in [0.5, 0.6) is 0 Å². The lowest BCUT2D eigenvalue weighted by Gasteiger charge is -2.14. The standard InChI is InChI=1S/C25H24N2O3S/c1-18-22(26-24(30-18)20-7-3-2-4-8-20)13-16-31-21-11-9-19(10-12-21)17-23(25(28)29)27-14-5-6-15-27/h2-12,14-15,23H,13,16-17H2,1H3,(H,28,29). The van der Waals surface area contributed by atoms with Crippen molar-refractivity contribution in [3.63, 3.8) is 0 Å². The summed E-state index contributed by atoms with van der Waals surface area (Å²) in [5, 5.41) is 9.54. The molecule has 31 heavy (non-hydrogen) atoms. The minimum absolute atomic E-state index is 0.454. The van der Waals surface area contributed by atoms with Gasteiger partial charge in [-0.05, 0) is 48.9 Å². The van der Waals surface area contributed by atoms with Gasteiger partial charge in [0.15, 0.2) is 0 Å². The number of aliphatic carboxylic acids is 1. The van der Waals surface area contributed by atoms with Crippen molar-refractivity contribution in [1.82, 2.24) is 9.55 Å². The maximum absolute atomic E-state index is 11.6. The third-order valence-corrected chi connectivity index (χ3v) is 6.16. The van der Waals surface area contributed by atoms with Gasteiger partial charge < -0.3 is 14.1 Å². The number of hydrogen-bond donors (Lipinski definition) is 1. The van der Waals surface area contributed by atoms with Gasteiger partial charge >= 0.3 is 5.97 Å². The van der Waals surface area contributed by atoms with Crippen molar-refractivity contribution in [3.8, 4) is 11.5 Å². The highest BCUT2D eigenvalue weighted by Crippen LogP contribution is 2.25. The molecule has 2 heterocycles. The second kappa shape index (κ2) is 9.71. The average molecular weight is 433 g/mol. The number of hydrogen-bond acceptors (Lipinski definition) is 4. The Bertz CT molecular complexity index is 1120. The van der Waals surface area contributed by atoms with Crippen LogP contribution in [0.15, 0.2) is 88.4 Å². The molecule has 1 unspecified atom stereocenters. The van der Waals surface area contributed by atoms with E-state index >= 15 is 0 Å². The van der Waals surface area contributed by atoms with Crippen LogP contribution >= 0.6 is 11.8 Å². The van der Waals surface area contributed by atoms with Crippen LogP contribution in [-0.4, -0.2) is 26.4 Å². The Morgan fingerprint density at radius 3 is 2.45 bits per heavy atom. The minimum atomic E-state index is -0.826. The molecule has 2 aromatic carbocycles. The molecule has 0 amide bonds. The van der Waals surface area contributed by atoms with E-state index in [4.69, 9.17) is 4.42 Å². The van der Waals surface area contributed by atoms with E-state index in [1.165, 1.54) is 0 Å². The molecular weight excluding hydrogens is 408 g/mol.